The minimum absolute atomic E-state index is 0.0130. The number of hydrogen-bond acceptors (Lipinski definition) is 3. The lowest BCUT2D eigenvalue weighted by Gasteiger charge is -2.17. The average Bonchev–Trinajstić information content (AvgIpc) is 3.16. The number of amides is 1. The number of nitrogens with zero attached hydrogens (tertiary/aromatic N) is 1. The van der Waals surface area contributed by atoms with Gasteiger partial charge in [0.05, 0.1) is 12.6 Å². The van der Waals surface area contributed by atoms with E-state index in [1.807, 2.05) is 36.1 Å². The molecule has 1 saturated heterocycles. The van der Waals surface area contributed by atoms with Gasteiger partial charge in [0.2, 0.25) is 5.91 Å². The van der Waals surface area contributed by atoms with Crippen LogP contribution in [0.4, 0.5) is 5.69 Å². The second kappa shape index (κ2) is 5.21. The van der Waals surface area contributed by atoms with E-state index in [1.165, 1.54) is 12.8 Å². The summed E-state index contributed by atoms with van der Waals surface area (Å²) in [5, 5.41) is 3.42. The molecule has 0 spiro atoms. The Morgan fingerprint density at radius 1 is 1.26 bits per heavy atom. The van der Waals surface area contributed by atoms with Gasteiger partial charge in [0, 0.05) is 18.3 Å². The van der Waals surface area contributed by atoms with E-state index in [1.54, 1.807) is 0 Å². The molecule has 0 radical (unpaired) electrons. The molecule has 1 aromatic carbocycles. The Morgan fingerprint density at radius 3 is 2.63 bits per heavy atom. The van der Waals surface area contributed by atoms with Gasteiger partial charge in [-0.1, -0.05) is 0 Å². The molecular formula is C15H20N2O2. The summed E-state index contributed by atoms with van der Waals surface area (Å²) in [6.45, 7) is 3.43. The van der Waals surface area contributed by atoms with E-state index in [0.717, 1.165) is 24.4 Å². The van der Waals surface area contributed by atoms with Gasteiger partial charge in [-0.3, -0.25) is 4.79 Å². The van der Waals surface area contributed by atoms with Crippen LogP contribution in [-0.4, -0.2) is 31.1 Å². The first-order valence-electron chi connectivity index (χ1n) is 7.08. The number of carbonyl (C=O) groups is 1. The van der Waals surface area contributed by atoms with Crippen LogP contribution in [0.1, 0.15) is 26.2 Å². The molecule has 2 aliphatic rings. The van der Waals surface area contributed by atoms with Gasteiger partial charge in [0.25, 0.3) is 0 Å². The van der Waals surface area contributed by atoms with Gasteiger partial charge in [-0.2, -0.15) is 0 Å². The van der Waals surface area contributed by atoms with Crippen LogP contribution >= 0.6 is 0 Å². The third kappa shape index (κ3) is 2.73. The van der Waals surface area contributed by atoms with Crippen molar-refractivity contribution in [3.8, 4) is 5.75 Å². The van der Waals surface area contributed by atoms with Crippen molar-refractivity contribution in [1.82, 2.24) is 5.32 Å². The van der Waals surface area contributed by atoms with E-state index in [2.05, 4.69) is 5.32 Å². The number of carbonyl (C=O) groups excluding carboxylic acids is 1. The summed E-state index contributed by atoms with van der Waals surface area (Å²) in [7, 11) is 0. The van der Waals surface area contributed by atoms with Crippen LogP contribution < -0.4 is 15.0 Å². The minimum Gasteiger partial charge on any atom is -0.494 e. The Labute approximate surface area is 113 Å². The molecule has 102 valence electrons. The number of anilines is 1. The zero-order valence-electron chi connectivity index (χ0n) is 11.3. The summed E-state index contributed by atoms with van der Waals surface area (Å²) >= 11 is 0. The zero-order valence-corrected chi connectivity index (χ0v) is 11.3. The molecule has 3 rings (SSSR count). The number of nitrogens with one attached hydrogen (secondary N) is 1. The van der Waals surface area contributed by atoms with E-state index >= 15 is 0 Å². The van der Waals surface area contributed by atoms with Crippen LogP contribution in [0.15, 0.2) is 24.3 Å². The number of rotatable bonds is 5. The first kappa shape index (κ1) is 12.5. The maximum absolute atomic E-state index is 12.3. The first-order valence-corrected chi connectivity index (χ1v) is 7.08. The van der Waals surface area contributed by atoms with Crippen LogP contribution in [-0.2, 0) is 4.79 Å². The van der Waals surface area contributed by atoms with Gasteiger partial charge in [-0.05, 0) is 50.5 Å². The molecule has 2 fully saturated rings. The second-order valence-electron chi connectivity index (χ2n) is 5.20. The van der Waals surface area contributed by atoms with Gasteiger partial charge >= 0.3 is 0 Å². The summed E-state index contributed by atoms with van der Waals surface area (Å²) in [6.07, 6.45) is 3.34. The Kier molecular flexibility index (Phi) is 3.42. The predicted molar refractivity (Wildman–Crippen MR) is 74.5 cm³/mol. The molecule has 1 N–H and O–H groups in total. The van der Waals surface area contributed by atoms with Crippen molar-refractivity contribution in [2.75, 3.05) is 18.1 Å². The minimum atomic E-state index is 0.0130. The van der Waals surface area contributed by atoms with Gasteiger partial charge in [0.15, 0.2) is 0 Å². The summed E-state index contributed by atoms with van der Waals surface area (Å²) < 4.78 is 5.42. The smallest absolute Gasteiger partial charge is 0.244 e. The van der Waals surface area contributed by atoms with Crippen LogP contribution in [0, 0.1) is 0 Å². The lowest BCUT2D eigenvalue weighted by Crippen LogP contribution is -2.39. The molecule has 1 atom stereocenters. The van der Waals surface area contributed by atoms with Crippen LogP contribution in [0.3, 0.4) is 0 Å². The topological polar surface area (TPSA) is 41.6 Å². The van der Waals surface area contributed by atoms with Gasteiger partial charge in [0.1, 0.15) is 5.75 Å². The number of benzene rings is 1. The van der Waals surface area contributed by atoms with Gasteiger partial charge in [-0.15, -0.1) is 0 Å². The zero-order chi connectivity index (χ0) is 13.2. The Bertz CT molecular complexity index is 454. The van der Waals surface area contributed by atoms with Crippen molar-refractivity contribution in [2.45, 2.75) is 38.3 Å². The van der Waals surface area contributed by atoms with E-state index in [4.69, 9.17) is 4.74 Å². The van der Waals surface area contributed by atoms with Crippen molar-refractivity contribution < 1.29 is 9.53 Å². The second-order valence-corrected chi connectivity index (χ2v) is 5.20. The maximum Gasteiger partial charge on any atom is 0.244 e. The van der Waals surface area contributed by atoms with Gasteiger partial charge in [-0.25, -0.2) is 0 Å². The lowest BCUT2D eigenvalue weighted by atomic mass is 10.2. The number of ether oxygens (including phenoxy) is 1. The molecule has 1 aliphatic heterocycles. The predicted octanol–water partition coefficient (Wildman–Crippen LogP) is 1.94. The van der Waals surface area contributed by atoms with Crippen molar-refractivity contribution in [1.29, 1.82) is 0 Å². The van der Waals surface area contributed by atoms with Crippen molar-refractivity contribution >= 4 is 11.6 Å². The first-order chi connectivity index (χ1) is 9.28. The van der Waals surface area contributed by atoms with Crippen molar-refractivity contribution in [3.63, 3.8) is 0 Å². The summed E-state index contributed by atoms with van der Waals surface area (Å²) in [4.78, 5) is 14.2. The highest BCUT2D eigenvalue weighted by Crippen LogP contribution is 2.26. The van der Waals surface area contributed by atoms with E-state index in [0.29, 0.717) is 12.6 Å². The molecule has 4 nitrogen and oxygen atoms in total. The maximum atomic E-state index is 12.3. The highest BCUT2D eigenvalue weighted by Gasteiger charge is 2.36. The van der Waals surface area contributed by atoms with Crippen LogP contribution in [0.2, 0.25) is 0 Å². The molecule has 19 heavy (non-hydrogen) atoms. The monoisotopic (exact) mass is 260 g/mol. The highest BCUT2D eigenvalue weighted by molar-refractivity contribution is 5.99. The molecule has 1 heterocycles. The highest BCUT2D eigenvalue weighted by atomic mass is 16.5. The molecular weight excluding hydrogens is 240 g/mol. The largest absolute Gasteiger partial charge is 0.494 e. The van der Waals surface area contributed by atoms with E-state index in [9.17, 15) is 4.79 Å². The molecule has 1 unspecified atom stereocenters. The molecule has 1 saturated carbocycles. The Hall–Kier alpha value is -1.55. The van der Waals surface area contributed by atoms with E-state index in [-0.39, 0.29) is 11.9 Å². The average molecular weight is 260 g/mol. The summed E-state index contributed by atoms with van der Waals surface area (Å²) in [6, 6.07) is 8.36. The fraction of sp³-hybridized carbons (Fsp3) is 0.533. The van der Waals surface area contributed by atoms with Crippen molar-refractivity contribution in [3.05, 3.63) is 24.3 Å². The molecule has 1 aromatic rings. The molecule has 4 heteroatoms. The summed E-state index contributed by atoms with van der Waals surface area (Å²) in [5.41, 5.74) is 0.966. The number of hydrogen-bond donors (Lipinski definition) is 1. The quantitative estimate of drug-likeness (QED) is 0.879. The van der Waals surface area contributed by atoms with E-state index < -0.39 is 0 Å². The fourth-order valence-corrected chi connectivity index (χ4v) is 2.51. The van der Waals surface area contributed by atoms with Crippen LogP contribution in [0.25, 0.3) is 0 Å². The normalized spacial score (nSPS) is 22.9. The SMILES string of the molecule is CCOc1ccc(N2CCC(NC3CC3)C2=O)cc1. The Balaban J connectivity index is 1.66. The summed E-state index contributed by atoms with van der Waals surface area (Å²) in [5.74, 6) is 1.06. The van der Waals surface area contributed by atoms with Crippen LogP contribution in [0.5, 0.6) is 5.75 Å². The fourth-order valence-electron chi connectivity index (χ4n) is 2.51. The third-order valence-electron chi connectivity index (χ3n) is 3.68. The lowest BCUT2D eigenvalue weighted by molar-refractivity contribution is -0.118. The molecule has 1 aliphatic carbocycles. The molecule has 0 bridgehead atoms. The molecule has 1 amide bonds. The van der Waals surface area contributed by atoms with Crippen molar-refractivity contribution in [2.24, 2.45) is 0 Å². The third-order valence-corrected chi connectivity index (χ3v) is 3.68. The Morgan fingerprint density at radius 2 is 2.00 bits per heavy atom. The standard InChI is InChI=1S/C15H20N2O2/c1-2-19-13-7-5-12(6-8-13)17-10-9-14(15(17)18)16-11-3-4-11/h5-8,11,14,16H,2-4,9-10H2,1H3. The molecule has 0 aromatic heterocycles. The van der Waals surface area contributed by atoms with Gasteiger partial charge < -0.3 is 15.0 Å².